The van der Waals surface area contributed by atoms with E-state index in [1.807, 2.05) is 31.2 Å². The first-order valence-electron chi connectivity index (χ1n) is 6.08. The monoisotopic (exact) mass is 307 g/mol. The number of benzene rings is 1. The third kappa shape index (κ3) is 4.79. The fourth-order valence-electron chi connectivity index (χ4n) is 1.69. The lowest BCUT2D eigenvalue weighted by Crippen LogP contribution is -2.27. The zero-order valence-electron chi connectivity index (χ0n) is 10.6. The van der Waals surface area contributed by atoms with E-state index in [9.17, 15) is 4.21 Å². The summed E-state index contributed by atoms with van der Waals surface area (Å²) in [6.45, 7) is 3.58. The molecule has 0 aliphatic rings. The maximum Gasteiger partial charge on any atom is 0.0529 e. The van der Waals surface area contributed by atoms with E-state index in [2.05, 4.69) is 4.90 Å². The fraction of sp³-hybridized carbons (Fsp3) is 0.538. The predicted octanol–water partition coefficient (Wildman–Crippen LogP) is 3.49. The largest absolute Gasteiger partial charge is 0.369 e. The second kappa shape index (κ2) is 8.78. The van der Waals surface area contributed by atoms with Crippen molar-refractivity contribution in [1.29, 1.82) is 0 Å². The van der Waals surface area contributed by atoms with Gasteiger partial charge in [-0.25, -0.2) is 0 Å². The maximum absolute atomic E-state index is 11.8. The first-order chi connectivity index (χ1) is 8.72. The fourth-order valence-corrected chi connectivity index (χ4v) is 3.14. The maximum atomic E-state index is 11.8. The highest BCUT2D eigenvalue weighted by molar-refractivity contribution is 7.85. The molecule has 0 saturated heterocycles. The van der Waals surface area contributed by atoms with Gasteiger partial charge in [-0.15, -0.1) is 23.2 Å². The Morgan fingerprint density at radius 2 is 1.67 bits per heavy atom. The second-order valence-electron chi connectivity index (χ2n) is 3.91. The van der Waals surface area contributed by atoms with Gasteiger partial charge in [0.2, 0.25) is 0 Å². The van der Waals surface area contributed by atoms with Gasteiger partial charge < -0.3 is 4.90 Å². The number of rotatable bonds is 8. The van der Waals surface area contributed by atoms with E-state index in [1.54, 1.807) is 0 Å². The van der Waals surface area contributed by atoms with E-state index in [1.165, 1.54) is 0 Å². The van der Waals surface area contributed by atoms with E-state index >= 15 is 0 Å². The summed E-state index contributed by atoms with van der Waals surface area (Å²) in [4.78, 5) is 3.02. The van der Waals surface area contributed by atoms with Crippen LogP contribution in [-0.2, 0) is 10.8 Å². The molecule has 1 aromatic rings. The lowest BCUT2D eigenvalue weighted by Gasteiger charge is -2.22. The molecule has 0 aliphatic heterocycles. The highest BCUT2D eigenvalue weighted by Gasteiger charge is 2.07. The molecule has 0 heterocycles. The van der Waals surface area contributed by atoms with Gasteiger partial charge in [-0.05, 0) is 30.7 Å². The van der Waals surface area contributed by atoms with Crippen LogP contribution in [0.15, 0.2) is 29.2 Å². The van der Waals surface area contributed by atoms with Gasteiger partial charge in [0.05, 0.1) is 10.8 Å². The van der Waals surface area contributed by atoms with Gasteiger partial charge in [0, 0.05) is 41.2 Å². The number of halogens is 2. The molecule has 1 atom stereocenters. The van der Waals surface area contributed by atoms with Crippen molar-refractivity contribution in [1.82, 2.24) is 0 Å². The Kier molecular flexibility index (Phi) is 7.71. The van der Waals surface area contributed by atoms with Crippen LogP contribution < -0.4 is 4.90 Å². The molecule has 0 N–H and O–H groups in total. The number of hydrogen-bond donors (Lipinski definition) is 0. The first kappa shape index (κ1) is 15.8. The molecule has 1 rings (SSSR count). The predicted molar refractivity (Wildman–Crippen MR) is 81.7 cm³/mol. The highest BCUT2D eigenvalue weighted by Crippen LogP contribution is 2.17. The van der Waals surface area contributed by atoms with Crippen molar-refractivity contribution in [3.8, 4) is 0 Å². The van der Waals surface area contributed by atoms with Crippen LogP contribution >= 0.6 is 23.2 Å². The van der Waals surface area contributed by atoms with Crippen molar-refractivity contribution >= 4 is 39.7 Å². The van der Waals surface area contributed by atoms with Gasteiger partial charge in [0.15, 0.2) is 0 Å². The van der Waals surface area contributed by atoms with Crippen LogP contribution in [0.1, 0.15) is 13.3 Å². The zero-order chi connectivity index (χ0) is 13.4. The van der Waals surface area contributed by atoms with E-state index in [0.717, 1.165) is 30.1 Å². The SMILES string of the molecule is CCCS(=O)c1ccc(N(CCCl)CCCl)cc1. The number of anilines is 1. The summed E-state index contributed by atoms with van der Waals surface area (Å²) in [6.07, 6.45) is 0.930. The summed E-state index contributed by atoms with van der Waals surface area (Å²) >= 11 is 11.5. The smallest absolute Gasteiger partial charge is 0.0529 e. The van der Waals surface area contributed by atoms with Gasteiger partial charge in [0.1, 0.15) is 0 Å². The number of hydrogen-bond acceptors (Lipinski definition) is 2. The molecule has 0 spiro atoms. The van der Waals surface area contributed by atoms with Crippen molar-refractivity contribution in [2.24, 2.45) is 0 Å². The zero-order valence-corrected chi connectivity index (χ0v) is 12.9. The molecule has 0 aromatic heterocycles. The van der Waals surface area contributed by atoms with Gasteiger partial charge >= 0.3 is 0 Å². The molecule has 0 radical (unpaired) electrons. The molecule has 18 heavy (non-hydrogen) atoms. The van der Waals surface area contributed by atoms with Crippen LogP contribution in [-0.4, -0.2) is 34.8 Å². The van der Waals surface area contributed by atoms with Crippen LogP contribution in [0.3, 0.4) is 0 Å². The molecule has 1 unspecified atom stereocenters. The van der Waals surface area contributed by atoms with Gasteiger partial charge in [-0.3, -0.25) is 4.21 Å². The Morgan fingerprint density at radius 3 is 2.11 bits per heavy atom. The van der Waals surface area contributed by atoms with Crippen LogP contribution in [0, 0.1) is 0 Å². The van der Waals surface area contributed by atoms with Gasteiger partial charge in [0.25, 0.3) is 0 Å². The first-order valence-corrected chi connectivity index (χ1v) is 8.47. The van der Waals surface area contributed by atoms with Crippen molar-refractivity contribution in [2.45, 2.75) is 18.2 Å². The standard InChI is InChI=1S/C13H19Cl2NOS/c1-2-11-18(17)13-5-3-12(4-6-13)16(9-7-14)10-8-15/h3-6H,2,7-11H2,1H3. The van der Waals surface area contributed by atoms with Crippen molar-refractivity contribution in [3.05, 3.63) is 24.3 Å². The minimum Gasteiger partial charge on any atom is -0.369 e. The molecule has 0 fully saturated rings. The molecule has 2 nitrogen and oxygen atoms in total. The molecule has 0 amide bonds. The summed E-state index contributed by atoms with van der Waals surface area (Å²) in [6, 6.07) is 7.83. The van der Waals surface area contributed by atoms with Crippen LogP contribution in [0.25, 0.3) is 0 Å². The molecule has 5 heteroatoms. The van der Waals surface area contributed by atoms with E-state index in [-0.39, 0.29) is 0 Å². The van der Waals surface area contributed by atoms with E-state index < -0.39 is 10.8 Å². The third-order valence-electron chi connectivity index (χ3n) is 2.56. The van der Waals surface area contributed by atoms with E-state index in [0.29, 0.717) is 17.5 Å². The third-order valence-corrected chi connectivity index (χ3v) is 4.48. The number of nitrogens with zero attached hydrogens (tertiary/aromatic N) is 1. The Morgan fingerprint density at radius 1 is 1.11 bits per heavy atom. The Balaban J connectivity index is 2.76. The molecule has 0 aliphatic carbocycles. The minimum absolute atomic E-state index is 0.570. The second-order valence-corrected chi connectivity index (χ2v) is 6.24. The van der Waals surface area contributed by atoms with Gasteiger partial charge in [-0.1, -0.05) is 6.92 Å². The summed E-state index contributed by atoms with van der Waals surface area (Å²) in [5, 5.41) is 0. The van der Waals surface area contributed by atoms with Crippen LogP contribution in [0.5, 0.6) is 0 Å². The lowest BCUT2D eigenvalue weighted by molar-refractivity contribution is 0.682. The topological polar surface area (TPSA) is 20.3 Å². The van der Waals surface area contributed by atoms with Gasteiger partial charge in [-0.2, -0.15) is 0 Å². The van der Waals surface area contributed by atoms with Crippen LogP contribution in [0.2, 0.25) is 0 Å². The van der Waals surface area contributed by atoms with E-state index in [4.69, 9.17) is 23.2 Å². The highest BCUT2D eigenvalue weighted by atomic mass is 35.5. The molecular weight excluding hydrogens is 289 g/mol. The van der Waals surface area contributed by atoms with Crippen molar-refractivity contribution < 1.29 is 4.21 Å². The molecule has 0 saturated carbocycles. The summed E-state index contributed by atoms with van der Waals surface area (Å²) in [7, 11) is -0.883. The quantitative estimate of drug-likeness (QED) is 0.685. The Bertz CT molecular complexity index is 364. The number of alkyl halides is 2. The van der Waals surface area contributed by atoms with Crippen molar-refractivity contribution in [3.63, 3.8) is 0 Å². The minimum atomic E-state index is -0.883. The van der Waals surface area contributed by atoms with Crippen LogP contribution in [0.4, 0.5) is 5.69 Å². The molecular formula is C13H19Cl2NOS. The summed E-state index contributed by atoms with van der Waals surface area (Å²) < 4.78 is 11.8. The van der Waals surface area contributed by atoms with Crippen molar-refractivity contribution in [2.75, 3.05) is 35.5 Å². The summed E-state index contributed by atoms with van der Waals surface area (Å²) in [5.74, 6) is 1.85. The summed E-state index contributed by atoms with van der Waals surface area (Å²) in [5.41, 5.74) is 1.08. The molecule has 102 valence electrons. The molecule has 0 bridgehead atoms. The average molecular weight is 308 g/mol. The Labute approximate surface area is 122 Å². The Hall–Kier alpha value is -0.250. The normalized spacial score (nSPS) is 12.4. The lowest BCUT2D eigenvalue weighted by atomic mass is 10.3. The average Bonchev–Trinajstić information content (AvgIpc) is 2.39. The molecule has 1 aromatic carbocycles.